The number of carbonyl (C=O) groups excluding carboxylic acids is 2. The van der Waals surface area contributed by atoms with Gasteiger partial charge in [0.2, 0.25) is 0 Å². The van der Waals surface area contributed by atoms with Crippen LogP contribution >= 0.6 is 0 Å². The lowest BCUT2D eigenvalue weighted by Gasteiger charge is -2.07. The standard InChI is InChI=1S/C18H13FN2O4/c1-11(22)25-21-18-13(10-12-6-2-5-9-16(12)24-18)17(23)20-15-8-4-3-7-14(15)19/h2-10H,1H3,(H,20,23)/b21-18-. The van der Waals surface area contributed by atoms with Gasteiger partial charge in [-0.05, 0) is 29.4 Å². The average Bonchev–Trinajstić information content (AvgIpc) is 2.61. The van der Waals surface area contributed by atoms with Crippen molar-refractivity contribution in [2.24, 2.45) is 5.16 Å². The summed E-state index contributed by atoms with van der Waals surface area (Å²) >= 11 is 0. The summed E-state index contributed by atoms with van der Waals surface area (Å²) in [5.74, 6) is -1.89. The van der Waals surface area contributed by atoms with Gasteiger partial charge in [-0.3, -0.25) is 4.79 Å². The summed E-state index contributed by atoms with van der Waals surface area (Å²) in [7, 11) is 0. The van der Waals surface area contributed by atoms with Gasteiger partial charge in [0.1, 0.15) is 17.0 Å². The molecule has 0 bridgehead atoms. The van der Waals surface area contributed by atoms with Crippen LogP contribution in [0.15, 0.2) is 64.2 Å². The van der Waals surface area contributed by atoms with E-state index in [0.29, 0.717) is 11.0 Å². The highest BCUT2D eigenvalue weighted by Gasteiger charge is 2.15. The number of benzene rings is 2. The highest BCUT2D eigenvalue weighted by Crippen LogP contribution is 2.16. The van der Waals surface area contributed by atoms with Gasteiger partial charge in [-0.1, -0.05) is 30.3 Å². The second kappa shape index (κ2) is 6.96. The minimum Gasteiger partial charge on any atom is -0.435 e. The predicted molar refractivity (Wildman–Crippen MR) is 87.9 cm³/mol. The first-order chi connectivity index (χ1) is 12.0. The number of hydrogen-bond acceptors (Lipinski definition) is 5. The SMILES string of the molecule is CC(=O)O/N=c1\oc2ccccc2cc1C(=O)Nc1ccccc1F. The molecule has 0 fully saturated rings. The fraction of sp³-hybridized carbons (Fsp3) is 0.0556. The molecule has 0 spiro atoms. The fourth-order valence-corrected chi connectivity index (χ4v) is 2.16. The molecule has 1 aromatic heterocycles. The number of nitrogens with zero attached hydrogens (tertiary/aromatic N) is 1. The first kappa shape index (κ1) is 16.4. The van der Waals surface area contributed by atoms with Crippen LogP contribution in [0.25, 0.3) is 11.0 Å². The van der Waals surface area contributed by atoms with Gasteiger partial charge < -0.3 is 14.6 Å². The molecule has 3 rings (SSSR count). The molecular formula is C18H13FN2O4. The van der Waals surface area contributed by atoms with Crippen molar-refractivity contribution in [2.45, 2.75) is 6.92 Å². The predicted octanol–water partition coefficient (Wildman–Crippen LogP) is 3.20. The Balaban J connectivity index is 2.07. The third kappa shape index (κ3) is 3.72. The molecule has 2 aromatic carbocycles. The first-order valence-electron chi connectivity index (χ1n) is 7.35. The number of nitrogens with one attached hydrogen (secondary N) is 1. The van der Waals surface area contributed by atoms with Gasteiger partial charge in [-0.2, -0.15) is 0 Å². The minimum atomic E-state index is -0.663. The van der Waals surface area contributed by atoms with Crippen LogP contribution < -0.4 is 10.9 Å². The van der Waals surface area contributed by atoms with E-state index in [-0.39, 0.29) is 16.8 Å². The van der Waals surface area contributed by atoms with Gasteiger partial charge in [0.05, 0.1) is 5.69 Å². The van der Waals surface area contributed by atoms with Crippen molar-refractivity contribution in [1.29, 1.82) is 0 Å². The zero-order valence-electron chi connectivity index (χ0n) is 13.2. The Morgan fingerprint density at radius 3 is 2.60 bits per heavy atom. The molecule has 6 nitrogen and oxygen atoms in total. The number of amides is 1. The van der Waals surface area contributed by atoms with E-state index < -0.39 is 17.7 Å². The number of halogens is 1. The molecular weight excluding hydrogens is 327 g/mol. The third-order valence-corrected chi connectivity index (χ3v) is 3.28. The molecule has 1 N–H and O–H groups in total. The monoisotopic (exact) mass is 340 g/mol. The first-order valence-corrected chi connectivity index (χ1v) is 7.35. The van der Waals surface area contributed by atoms with E-state index in [1.165, 1.54) is 31.2 Å². The lowest BCUT2D eigenvalue weighted by Crippen LogP contribution is -2.22. The van der Waals surface area contributed by atoms with Crippen LogP contribution in [-0.4, -0.2) is 11.9 Å². The van der Waals surface area contributed by atoms with Gasteiger partial charge in [-0.15, -0.1) is 0 Å². The maximum Gasteiger partial charge on any atom is 0.332 e. The Morgan fingerprint density at radius 1 is 1.12 bits per heavy atom. The van der Waals surface area contributed by atoms with Gasteiger partial charge in [-0.25, -0.2) is 9.18 Å². The normalized spacial score (nSPS) is 11.4. The van der Waals surface area contributed by atoms with Crippen LogP contribution in [0.2, 0.25) is 0 Å². The van der Waals surface area contributed by atoms with Crippen LogP contribution in [0.5, 0.6) is 0 Å². The number of anilines is 1. The third-order valence-electron chi connectivity index (χ3n) is 3.28. The van der Waals surface area contributed by atoms with E-state index in [2.05, 4.69) is 15.3 Å². The summed E-state index contributed by atoms with van der Waals surface area (Å²) in [6, 6.07) is 14.2. The van der Waals surface area contributed by atoms with E-state index in [4.69, 9.17) is 4.42 Å². The van der Waals surface area contributed by atoms with E-state index in [1.54, 1.807) is 30.3 Å². The number of para-hydroxylation sites is 2. The molecule has 7 heteroatoms. The van der Waals surface area contributed by atoms with Gasteiger partial charge in [0.25, 0.3) is 11.5 Å². The van der Waals surface area contributed by atoms with Crippen molar-refractivity contribution >= 4 is 28.5 Å². The summed E-state index contributed by atoms with van der Waals surface area (Å²) in [5.41, 5.74) is 0.279. The summed E-state index contributed by atoms with van der Waals surface area (Å²) in [6.45, 7) is 1.17. The summed E-state index contributed by atoms with van der Waals surface area (Å²) in [6.07, 6.45) is 0. The topological polar surface area (TPSA) is 80.9 Å². The molecule has 3 aromatic rings. The number of hydrogen-bond donors (Lipinski definition) is 1. The van der Waals surface area contributed by atoms with E-state index in [9.17, 15) is 14.0 Å². The Morgan fingerprint density at radius 2 is 1.84 bits per heavy atom. The van der Waals surface area contributed by atoms with E-state index >= 15 is 0 Å². The average molecular weight is 340 g/mol. The van der Waals surface area contributed by atoms with Crippen molar-refractivity contribution < 1.29 is 23.2 Å². The van der Waals surface area contributed by atoms with Crippen LogP contribution in [-0.2, 0) is 9.63 Å². The van der Waals surface area contributed by atoms with Crippen LogP contribution in [0, 0.1) is 5.82 Å². The molecule has 0 atom stereocenters. The number of carbonyl (C=O) groups is 2. The Hall–Kier alpha value is -3.48. The van der Waals surface area contributed by atoms with Gasteiger partial charge in [0.15, 0.2) is 0 Å². The quantitative estimate of drug-likeness (QED) is 0.586. The number of fused-ring (bicyclic) bond motifs is 1. The van der Waals surface area contributed by atoms with Gasteiger partial charge in [0, 0.05) is 12.3 Å². The summed E-state index contributed by atoms with van der Waals surface area (Å²) in [4.78, 5) is 28.1. The van der Waals surface area contributed by atoms with Gasteiger partial charge >= 0.3 is 5.97 Å². The fourth-order valence-electron chi connectivity index (χ4n) is 2.16. The van der Waals surface area contributed by atoms with Crippen molar-refractivity contribution in [1.82, 2.24) is 0 Å². The highest BCUT2D eigenvalue weighted by atomic mass is 19.1. The lowest BCUT2D eigenvalue weighted by atomic mass is 10.1. The Kier molecular flexibility index (Phi) is 4.56. The van der Waals surface area contributed by atoms with Crippen molar-refractivity contribution in [3.8, 4) is 0 Å². The van der Waals surface area contributed by atoms with Crippen LogP contribution in [0.4, 0.5) is 10.1 Å². The summed E-state index contributed by atoms with van der Waals surface area (Å²) in [5, 5.41) is 6.66. The van der Waals surface area contributed by atoms with Crippen molar-refractivity contribution in [3.63, 3.8) is 0 Å². The molecule has 0 saturated heterocycles. The van der Waals surface area contributed by atoms with Crippen LogP contribution in [0.1, 0.15) is 17.3 Å². The molecule has 0 unspecified atom stereocenters. The molecule has 0 aliphatic rings. The maximum atomic E-state index is 13.7. The molecule has 1 heterocycles. The van der Waals surface area contributed by atoms with Crippen molar-refractivity contribution in [3.05, 3.63) is 71.5 Å². The second-order valence-corrected chi connectivity index (χ2v) is 5.11. The Labute approximate surface area is 141 Å². The van der Waals surface area contributed by atoms with Crippen LogP contribution in [0.3, 0.4) is 0 Å². The molecule has 1 amide bonds. The zero-order chi connectivity index (χ0) is 17.8. The Bertz CT molecular complexity index is 1030. The molecule has 0 aliphatic carbocycles. The smallest absolute Gasteiger partial charge is 0.332 e. The van der Waals surface area contributed by atoms with Crippen molar-refractivity contribution in [2.75, 3.05) is 5.32 Å². The summed E-state index contributed by atoms with van der Waals surface area (Å²) < 4.78 is 19.3. The highest BCUT2D eigenvalue weighted by molar-refractivity contribution is 6.05. The maximum absolute atomic E-state index is 13.7. The zero-order valence-corrected chi connectivity index (χ0v) is 13.2. The van der Waals surface area contributed by atoms with E-state index in [1.807, 2.05) is 0 Å². The molecule has 0 saturated carbocycles. The second-order valence-electron chi connectivity index (χ2n) is 5.11. The molecule has 126 valence electrons. The minimum absolute atomic E-state index is 0.00297. The molecule has 25 heavy (non-hydrogen) atoms. The van der Waals surface area contributed by atoms with E-state index in [0.717, 1.165) is 0 Å². The molecule has 0 radical (unpaired) electrons. The molecule has 0 aliphatic heterocycles. The lowest BCUT2D eigenvalue weighted by molar-refractivity contribution is -0.141. The largest absolute Gasteiger partial charge is 0.435 e. The number of rotatable bonds is 3.